The molecule has 0 heterocycles. The first kappa shape index (κ1) is 22.8. The van der Waals surface area contributed by atoms with Crippen LogP contribution in [0, 0.1) is 0 Å². The van der Waals surface area contributed by atoms with Crippen molar-refractivity contribution < 1.29 is 9.53 Å². The monoisotopic (exact) mass is 482 g/mol. The zero-order valence-corrected chi connectivity index (χ0v) is 18.2. The van der Waals surface area contributed by atoms with Gasteiger partial charge in [0.2, 0.25) is 5.91 Å². The summed E-state index contributed by atoms with van der Waals surface area (Å²) in [5.41, 5.74) is 8.92. The van der Waals surface area contributed by atoms with Gasteiger partial charge < -0.3 is 21.1 Å². The van der Waals surface area contributed by atoms with E-state index in [-0.39, 0.29) is 42.4 Å². The third kappa shape index (κ3) is 7.86. The van der Waals surface area contributed by atoms with Crippen LogP contribution in [-0.4, -0.2) is 25.5 Å². The molecule has 2 rings (SSSR count). The third-order valence-electron chi connectivity index (χ3n) is 3.87. The Balaban J connectivity index is 0.00000364. The number of carbonyl (C=O) groups is 1. The highest BCUT2D eigenvalue weighted by molar-refractivity contribution is 14.0. The van der Waals surface area contributed by atoms with Crippen LogP contribution < -0.4 is 21.1 Å². The predicted molar refractivity (Wildman–Crippen MR) is 121 cm³/mol. The van der Waals surface area contributed by atoms with Crippen LogP contribution in [0.25, 0.3) is 0 Å². The molecule has 4 N–H and O–H groups in total. The van der Waals surface area contributed by atoms with Crippen LogP contribution in [0.1, 0.15) is 30.9 Å². The molecule has 0 saturated carbocycles. The first-order chi connectivity index (χ1) is 12.5. The molecular formula is C20H27IN4O2. The van der Waals surface area contributed by atoms with E-state index in [9.17, 15) is 4.79 Å². The van der Waals surface area contributed by atoms with E-state index in [0.717, 1.165) is 17.0 Å². The maximum absolute atomic E-state index is 11.9. The van der Waals surface area contributed by atoms with E-state index in [1.807, 2.05) is 42.5 Å². The highest BCUT2D eigenvalue weighted by atomic mass is 127. The summed E-state index contributed by atoms with van der Waals surface area (Å²) in [6.45, 7) is 4.66. The SMILES string of the molecule is COc1ccc(CNC(=O)CN=C(N)Nc2cccc(C(C)C)c2)cc1.I. The van der Waals surface area contributed by atoms with E-state index in [2.05, 4.69) is 35.5 Å². The van der Waals surface area contributed by atoms with Gasteiger partial charge in [-0.25, -0.2) is 4.99 Å². The first-order valence-corrected chi connectivity index (χ1v) is 8.54. The van der Waals surface area contributed by atoms with Crippen molar-refractivity contribution in [2.45, 2.75) is 26.3 Å². The topological polar surface area (TPSA) is 88.7 Å². The number of nitrogens with two attached hydrogens (primary N) is 1. The van der Waals surface area contributed by atoms with Crippen molar-refractivity contribution in [3.8, 4) is 5.75 Å². The van der Waals surface area contributed by atoms with Crippen molar-refractivity contribution in [2.75, 3.05) is 19.0 Å². The molecule has 0 bridgehead atoms. The lowest BCUT2D eigenvalue weighted by Crippen LogP contribution is -2.28. The Kier molecular flexibility index (Phi) is 9.63. The quantitative estimate of drug-likeness (QED) is 0.320. The molecule has 0 aliphatic carbocycles. The van der Waals surface area contributed by atoms with Crippen LogP contribution in [0.4, 0.5) is 5.69 Å². The van der Waals surface area contributed by atoms with Crippen molar-refractivity contribution in [1.29, 1.82) is 0 Å². The van der Waals surface area contributed by atoms with Crippen molar-refractivity contribution in [2.24, 2.45) is 10.7 Å². The lowest BCUT2D eigenvalue weighted by atomic mass is 10.0. The molecule has 1 amide bonds. The van der Waals surface area contributed by atoms with Gasteiger partial charge in [-0.1, -0.05) is 38.1 Å². The Bertz CT molecular complexity index is 761. The van der Waals surface area contributed by atoms with E-state index in [0.29, 0.717) is 12.5 Å². The number of halogens is 1. The smallest absolute Gasteiger partial charge is 0.242 e. The summed E-state index contributed by atoms with van der Waals surface area (Å²) in [4.78, 5) is 16.0. The molecule has 146 valence electrons. The number of rotatable bonds is 7. The Morgan fingerprint density at radius 3 is 2.52 bits per heavy atom. The van der Waals surface area contributed by atoms with E-state index in [1.54, 1.807) is 7.11 Å². The molecule has 0 spiro atoms. The number of hydrogen-bond acceptors (Lipinski definition) is 3. The van der Waals surface area contributed by atoms with Crippen LogP contribution >= 0.6 is 24.0 Å². The first-order valence-electron chi connectivity index (χ1n) is 8.54. The zero-order valence-electron chi connectivity index (χ0n) is 15.9. The van der Waals surface area contributed by atoms with Gasteiger partial charge >= 0.3 is 0 Å². The normalized spacial score (nSPS) is 10.9. The van der Waals surface area contributed by atoms with Gasteiger partial charge in [-0.15, -0.1) is 24.0 Å². The van der Waals surface area contributed by atoms with Gasteiger partial charge in [-0.05, 0) is 41.3 Å². The van der Waals surface area contributed by atoms with Crippen LogP contribution in [-0.2, 0) is 11.3 Å². The van der Waals surface area contributed by atoms with Crippen molar-refractivity contribution in [3.63, 3.8) is 0 Å². The van der Waals surface area contributed by atoms with Gasteiger partial charge in [0, 0.05) is 12.2 Å². The predicted octanol–water partition coefficient (Wildman–Crippen LogP) is 3.48. The molecule has 0 aromatic heterocycles. The number of aliphatic imine (C=N–C) groups is 1. The van der Waals surface area contributed by atoms with E-state index in [1.165, 1.54) is 5.56 Å². The highest BCUT2D eigenvalue weighted by Crippen LogP contribution is 2.18. The minimum Gasteiger partial charge on any atom is -0.497 e. The molecule has 0 unspecified atom stereocenters. The highest BCUT2D eigenvalue weighted by Gasteiger charge is 2.03. The Labute approximate surface area is 177 Å². The summed E-state index contributed by atoms with van der Waals surface area (Å²) in [7, 11) is 1.62. The summed E-state index contributed by atoms with van der Waals surface area (Å²) in [5.74, 6) is 1.23. The molecule has 0 fully saturated rings. The molecule has 0 aliphatic rings. The molecule has 0 aliphatic heterocycles. The molecular weight excluding hydrogens is 455 g/mol. The van der Waals surface area contributed by atoms with Crippen LogP contribution in [0.15, 0.2) is 53.5 Å². The van der Waals surface area contributed by atoms with Crippen molar-refractivity contribution >= 4 is 41.5 Å². The van der Waals surface area contributed by atoms with E-state index in [4.69, 9.17) is 10.5 Å². The lowest BCUT2D eigenvalue weighted by Gasteiger charge is -2.10. The minimum absolute atomic E-state index is 0. The number of hydrogen-bond donors (Lipinski definition) is 3. The molecule has 0 radical (unpaired) electrons. The van der Waals surface area contributed by atoms with Gasteiger partial charge in [-0.3, -0.25) is 4.79 Å². The number of carbonyl (C=O) groups excluding carboxylic acids is 1. The van der Waals surface area contributed by atoms with Crippen LogP contribution in [0.2, 0.25) is 0 Å². The fourth-order valence-electron chi connectivity index (χ4n) is 2.32. The average molecular weight is 482 g/mol. The molecule has 2 aromatic carbocycles. The number of methoxy groups -OCH3 is 1. The van der Waals surface area contributed by atoms with Crippen molar-refractivity contribution in [3.05, 3.63) is 59.7 Å². The summed E-state index contributed by atoms with van der Waals surface area (Å²) < 4.78 is 5.10. The van der Waals surface area contributed by atoms with Gasteiger partial charge in [0.05, 0.1) is 7.11 Å². The molecule has 7 heteroatoms. The minimum atomic E-state index is -0.193. The molecule has 6 nitrogen and oxygen atoms in total. The summed E-state index contributed by atoms with van der Waals surface area (Å²) in [6.07, 6.45) is 0. The average Bonchev–Trinajstić information content (AvgIpc) is 2.65. The van der Waals surface area contributed by atoms with Gasteiger partial charge in [0.25, 0.3) is 0 Å². The Morgan fingerprint density at radius 1 is 1.19 bits per heavy atom. The number of guanidine groups is 1. The molecule has 2 aromatic rings. The maximum atomic E-state index is 11.9. The Hall–Kier alpha value is -2.29. The van der Waals surface area contributed by atoms with Crippen LogP contribution in [0.3, 0.4) is 0 Å². The zero-order chi connectivity index (χ0) is 18.9. The maximum Gasteiger partial charge on any atom is 0.242 e. The van der Waals surface area contributed by atoms with Gasteiger partial charge in [-0.2, -0.15) is 0 Å². The van der Waals surface area contributed by atoms with Crippen LogP contribution in [0.5, 0.6) is 5.75 Å². The largest absolute Gasteiger partial charge is 0.497 e. The van der Waals surface area contributed by atoms with Gasteiger partial charge in [0.15, 0.2) is 5.96 Å². The van der Waals surface area contributed by atoms with Gasteiger partial charge in [0.1, 0.15) is 12.3 Å². The molecule has 0 saturated heterocycles. The van der Waals surface area contributed by atoms with E-state index < -0.39 is 0 Å². The third-order valence-corrected chi connectivity index (χ3v) is 3.87. The fourth-order valence-corrected chi connectivity index (χ4v) is 2.32. The number of amides is 1. The number of benzene rings is 2. The fraction of sp³-hybridized carbons (Fsp3) is 0.300. The molecule has 27 heavy (non-hydrogen) atoms. The summed E-state index contributed by atoms with van der Waals surface area (Å²) in [6, 6.07) is 15.5. The second kappa shape index (κ2) is 11.4. The number of nitrogens with zero attached hydrogens (tertiary/aromatic N) is 1. The second-order valence-electron chi connectivity index (χ2n) is 6.23. The second-order valence-corrected chi connectivity index (χ2v) is 6.23. The number of ether oxygens (including phenoxy) is 1. The number of nitrogens with one attached hydrogen (secondary N) is 2. The summed E-state index contributed by atoms with van der Waals surface area (Å²) >= 11 is 0. The lowest BCUT2D eigenvalue weighted by molar-refractivity contribution is -0.119. The Morgan fingerprint density at radius 2 is 1.89 bits per heavy atom. The number of anilines is 1. The van der Waals surface area contributed by atoms with E-state index >= 15 is 0 Å². The van der Waals surface area contributed by atoms with Crippen molar-refractivity contribution in [1.82, 2.24) is 5.32 Å². The molecule has 0 atom stereocenters. The standard InChI is InChI=1S/C20H26N4O2.HI/c1-14(2)16-5-4-6-17(11-16)24-20(21)23-13-19(25)22-12-15-7-9-18(26-3)10-8-15;/h4-11,14H,12-13H2,1-3H3,(H,22,25)(H3,21,23,24);1H. The summed E-state index contributed by atoms with van der Waals surface area (Å²) in [5, 5.41) is 5.82.